The predicted octanol–water partition coefficient (Wildman–Crippen LogP) is 2.54. The maximum absolute atomic E-state index is 12.8. The summed E-state index contributed by atoms with van der Waals surface area (Å²) in [6.07, 6.45) is 7.87. The van der Waals surface area contributed by atoms with E-state index in [9.17, 15) is 4.79 Å². The average molecular weight is 272 g/mol. The van der Waals surface area contributed by atoms with E-state index in [4.69, 9.17) is 5.73 Å². The van der Waals surface area contributed by atoms with Crippen molar-refractivity contribution < 1.29 is 0 Å². The lowest BCUT2D eigenvalue weighted by atomic mass is 9.53. The van der Waals surface area contributed by atoms with Crippen LogP contribution in [0.25, 0.3) is 0 Å². The molecular weight excluding hydrogens is 248 g/mol. The van der Waals surface area contributed by atoms with Crippen LogP contribution in [-0.2, 0) is 12.1 Å². The van der Waals surface area contributed by atoms with E-state index in [1.54, 1.807) is 0 Å². The van der Waals surface area contributed by atoms with Gasteiger partial charge < -0.3 is 10.3 Å². The Balaban J connectivity index is 1.87. The van der Waals surface area contributed by atoms with E-state index in [0.29, 0.717) is 6.54 Å². The quantitative estimate of drug-likeness (QED) is 0.899. The molecule has 1 heterocycles. The molecule has 4 aliphatic carbocycles. The van der Waals surface area contributed by atoms with Crippen LogP contribution in [0.2, 0.25) is 0 Å². The molecule has 0 radical (unpaired) electrons. The molecule has 108 valence electrons. The molecule has 4 fully saturated rings. The van der Waals surface area contributed by atoms with Gasteiger partial charge in [-0.3, -0.25) is 4.79 Å². The molecule has 0 spiro atoms. The third kappa shape index (κ3) is 1.65. The van der Waals surface area contributed by atoms with Gasteiger partial charge in [-0.05, 0) is 69.3 Å². The summed E-state index contributed by atoms with van der Waals surface area (Å²) >= 11 is 0. The zero-order chi connectivity index (χ0) is 13.9. The highest BCUT2D eigenvalue weighted by molar-refractivity contribution is 5.19. The second-order valence-electron chi connectivity index (χ2n) is 7.49. The molecule has 3 nitrogen and oxygen atoms in total. The molecule has 4 bridgehead atoms. The highest BCUT2D eigenvalue weighted by Crippen LogP contribution is 2.58. The Bertz CT molecular complexity index is 566. The minimum absolute atomic E-state index is 0.112. The van der Waals surface area contributed by atoms with Crippen LogP contribution in [0.4, 0.5) is 0 Å². The molecule has 0 unspecified atom stereocenters. The molecule has 1 aromatic rings. The van der Waals surface area contributed by atoms with Gasteiger partial charge in [0.2, 0.25) is 0 Å². The second kappa shape index (κ2) is 4.20. The highest BCUT2D eigenvalue weighted by atomic mass is 16.1. The highest BCUT2D eigenvalue weighted by Gasteiger charge is 2.52. The Morgan fingerprint density at radius 1 is 1.15 bits per heavy atom. The zero-order valence-electron chi connectivity index (χ0n) is 12.3. The fourth-order valence-electron chi connectivity index (χ4n) is 5.75. The Labute approximate surface area is 120 Å². The van der Waals surface area contributed by atoms with Gasteiger partial charge in [0.1, 0.15) is 0 Å². The summed E-state index contributed by atoms with van der Waals surface area (Å²) in [7, 11) is 0. The molecule has 5 rings (SSSR count). The van der Waals surface area contributed by atoms with Gasteiger partial charge in [-0.25, -0.2) is 0 Å². The molecule has 4 aliphatic rings. The largest absolute Gasteiger partial charge is 0.326 e. The summed E-state index contributed by atoms with van der Waals surface area (Å²) in [5, 5.41) is 0. The van der Waals surface area contributed by atoms with Crippen molar-refractivity contribution in [2.75, 3.05) is 0 Å². The number of aryl methyl sites for hydroxylation is 1. The predicted molar refractivity (Wildman–Crippen MR) is 79.5 cm³/mol. The number of hydrogen-bond acceptors (Lipinski definition) is 2. The third-order valence-electron chi connectivity index (χ3n) is 6.06. The minimum Gasteiger partial charge on any atom is -0.326 e. The number of nitrogens with two attached hydrogens (primary N) is 1. The monoisotopic (exact) mass is 272 g/mol. The Morgan fingerprint density at radius 3 is 2.20 bits per heavy atom. The summed E-state index contributed by atoms with van der Waals surface area (Å²) < 4.78 is 2.14. The lowest BCUT2D eigenvalue weighted by molar-refractivity contribution is -0.0459. The zero-order valence-corrected chi connectivity index (χ0v) is 12.3. The van der Waals surface area contributed by atoms with E-state index in [1.165, 1.54) is 38.5 Å². The molecule has 0 atom stereocenters. The second-order valence-corrected chi connectivity index (χ2v) is 7.49. The number of aromatic nitrogens is 1. The van der Waals surface area contributed by atoms with Gasteiger partial charge in [0, 0.05) is 23.3 Å². The Kier molecular flexibility index (Phi) is 2.65. The molecule has 4 saturated carbocycles. The van der Waals surface area contributed by atoms with Gasteiger partial charge in [-0.15, -0.1) is 0 Å². The van der Waals surface area contributed by atoms with Crippen LogP contribution < -0.4 is 11.3 Å². The van der Waals surface area contributed by atoms with Crippen LogP contribution in [0, 0.1) is 24.7 Å². The third-order valence-corrected chi connectivity index (χ3v) is 6.06. The lowest BCUT2D eigenvalue weighted by Gasteiger charge is -2.57. The van der Waals surface area contributed by atoms with Gasteiger partial charge in [0.25, 0.3) is 5.56 Å². The number of pyridine rings is 1. The van der Waals surface area contributed by atoms with E-state index >= 15 is 0 Å². The normalized spacial score (nSPS) is 38.4. The minimum atomic E-state index is 0.112. The summed E-state index contributed by atoms with van der Waals surface area (Å²) in [5.41, 5.74) is 7.92. The topological polar surface area (TPSA) is 48.0 Å². The smallest absolute Gasteiger partial charge is 0.255 e. The summed E-state index contributed by atoms with van der Waals surface area (Å²) in [6.45, 7) is 2.44. The van der Waals surface area contributed by atoms with Crippen molar-refractivity contribution in [3.05, 3.63) is 33.7 Å². The summed E-state index contributed by atoms with van der Waals surface area (Å²) in [5.74, 6) is 2.57. The van der Waals surface area contributed by atoms with Crippen molar-refractivity contribution in [2.24, 2.45) is 23.5 Å². The first-order chi connectivity index (χ1) is 9.61. The van der Waals surface area contributed by atoms with Crippen molar-refractivity contribution in [1.29, 1.82) is 0 Å². The number of hydrogen-bond donors (Lipinski definition) is 1. The molecule has 0 amide bonds. The van der Waals surface area contributed by atoms with Crippen molar-refractivity contribution in [3.63, 3.8) is 0 Å². The van der Waals surface area contributed by atoms with Crippen LogP contribution >= 0.6 is 0 Å². The molecule has 0 aromatic carbocycles. The SMILES string of the molecule is Cc1ccc(CN)c(=O)n1C12CC3CC(CC(C3)C1)C2. The molecule has 0 aliphatic heterocycles. The lowest BCUT2D eigenvalue weighted by Crippen LogP contribution is -2.55. The van der Waals surface area contributed by atoms with E-state index in [2.05, 4.69) is 17.6 Å². The summed E-state index contributed by atoms with van der Waals surface area (Å²) in [4.78, 5) is 12.8. The molecular formula is C17H24N2O. The maximum atomic E-state index is 12.8. The van der Waals surface area contributed by atoms with E-state index in [0.717, 1.165) is 29.0 Å². The molecule has 20 heavy (non-hydrogen) atoms. The molecule has 1 aromatic heterocycles. The first-order valence-electron chi connectivity index (χ1n) is 8.03. The van der Waals surface area contributed by atoms with Crippen molar-refractivity contribution in [2.45, 2.75) is 57.5 Å². The molecule has 0 saturated heterocycles. The fraction of sp³-hybridized carbons (Fsp3) is 0.706. The van der Waals surface area contributed by atoms with E-state index in [1.807, 2.05) is 6.07 Å². The van der Waals surface area contributed by atoms with Gasteiger partial charge in [-0.1, -0.05) is 6.07 Å². The summed E-state index contributed by atoms with van der Waals surface area (Å²) in [6, 6.07) is 4.00. The Morgan fingerprint density at radius 2 is 1.70 bits per heavy atom. The first-order valence-corrected chi connectivity index (χ1v) is 8.03. The Hall–Kier alpha value is -1.09. The number of nitrogens with zero attached hydrogens (tertiary/aromatic N) is 1. The van der Waals surface area contributed by atoms with Crippen LogP contribution in [0.15, 0.2) is 16.9 Å². The van der Waals surface area contributed by atoms with Crippen LogP contribution in [0.1, 0.15) is 49.8 Å². The number of rotatable bonds is 2. The van der Waals surface area contributed by atoms with Crippen molar-refractivity contribution in [1.82, 2.24) is 4.57 Å². The van der Waals surface area contributed by atoms with Crippen molar-refractivity contribution >= 4 is 0 Å². The van der Waals surface area contributed by atoms with Gasteiger partial charge in [-0.2, -0.15) is 0 Å². The van der Waals surface area contributed by atoms with E-state index < -0.39 is 0 Å². The maximum Gasteiger partial charge on any atom is 0.255 e. The van der Waals surface area contributed by atoms with E-state index in [-0.39, 0.29) is 11.1 Å². The average Bonchev–Trinajstić information content (AvgIpc) is 2.37. The van der Waals surface area contributed by atoms with Crippen LogP contribution in [0.3, 0.4) is 0 Å². The fourth-order valence-corrected chi connectivity index (χ4v) is 5.75. The van der Waals surface area contributed by atoms with Gasteiger partial charge in [0.15, 0.2) is 0 Å². The molecule has 2 N–H and O–H groups in total. The van der Waals surface area contributed by atoms with Gasteiger partial charge in [0.05, 0.1) is 0 Å². The van der Waals surface area contributed by atoms with Crippen molar-refractivity contribution in [3.8, 4) is 0 Å². The first kappa shape index (κ1) is 12.6. The van der Waals surface area contributed by atoms with Gasteiger partial charge >= 0.3 is 0 Å². The van der Waals surface area contributed by atoms with Crippen LogP contribution in [-0.4, -0.2) is 4.57 Å². The van der Waals surface area contributed by atoms with Crippen LogP contribution in [0.5, 0.6) is 0 Å². The molecule has 3 heteroatoms. The standard InChI is InChI=1S/C17H24N2O/c1-11-2-3-15(10-18)16(20)19(11)17-7-12-4-13(8-17)6-14(5-12)9-17/h2-3,12-14H,4-10,18H2,1H3.